The zero-order chi connectivity index (χ0) is 20.5. The largest absolute Gasteiger partial charge is 0.391 e. The number of alkyl halides is 1. The first-order valence-corrected chi connectivity index (χ1v) is 10.8. The van der Waals surface area contributed by atoms with Gasteiger partial charge in [-0.1, -0.05) is 32.4 Å². The second-order valence-corrected chi connectivity index (χ2v) is 10.6. The monoisotopic (exact) mass is 406 g/mol. The van der Waals surface area contributed by atoms with E-state index in [4.69, 9.17) is 16.3 Å². The van der Waals surface area contributed by atoms with Crippen LogP contribution in [-0.2, 0) is 14.3 Å². The third-order valence-electron chi connectivity index (χ3n) is 8.61. The second kappa shape index (κ2) is 6.52. The summed E-state index contributed by atoms with van der Waals surface area (Å²) in [5.41, 5.74) is 0.222. The number of hydrogen-bond donors (Lipinski definition) is 1. The molecule has 0 heterocycles. The third kappa shape index (κ3) is 2.44. The minimum Gasteiger partial charge on any atom is -0.391 e. The van der Waals surface area contributed by atoms with Crippen molar-refractivity contribution in [1.82, 2.24) is 0 Å². The van der Waals surface area contributed by atoms with Crippen molar-refractivity contribution in [2.45, 2.75) is 57.4 Å². The number of ketones is 2. The number of halogens is 1. The van der Waals surface area contributed by atoms with Crippen LogP contribution in [0.5, 0.6) is 0 Å². The first-order valence-electron chi connectivity index (χ1n) is 10.4. The molecule has 4 aliphatic carbocycles. The second-order valence-electron chi connectivity index (χ2n) is 9.94. The number of carbonyl (C=O) groups is 2. The molecule has 0 bridgehead atoms. The fourth-order valence-electron chi connectivity index (χ4n) is 7.50. The summed E-state index contributed by atoms with van der Waals surface area (Å²) in [6.07, 6.45) is 7.60. The lowest BCUT2D eigenvalue weighted by Crippen LogP contribution is -2.66. The van der Waals surface area contributed by atoms with Crippen molar-refractivity contribution in [3.8, 4) is 0 Å². The highest BCUT2D eigenvalue weighted by Crippen LogP contribution is 2.70. The average Bonchev–Trinajstić information content (AvgIpc) is 2.87. The Bertz CT molecular complexity index is 773. The SMILES string of the molecule is COCC(=O)C1C(C)C[C@H]2C3CCC4=CC(=O)C=CC4(C)[C@@]3(Cl)C(O)CC12C. The van der Waals surface area contributed by atoms with Crippen LogP contribution in [0.15, 0.2) is 23.8 Å². The summed E-state index contributed by atoms with van der Waals surface area (Å²) in [4.78, 5) is 24.0. The predicted octanol–water partition coefficient (Wildman–Crippen LogP) is 3.70. The molecule has 0 amide bonds. The number of aliphatic hydroxyl groups excluding tert-OH is 1. The number of aliphatic hydroxyl groups is 1. The Morgan fingerprint density at radius 3 is 2.75 bits per heavy atom. The molecule has 0 saturated heterocycles. The van der Waals surface area contributed by atoms with E-state index in [1.807, 2.05) is 6.08 Å². The Balaban J connectivity index is 1.77. The molecule has 0 spiro atoms. The number of Topliss-reactive ketones (excluding diaryl/α,β-unsaturated/α-hetero) is 1. The van der Waals surface area contributed by atoms with Crippen LogP contribution in [0.1, 0.15) is 46.5 Å². The summed E-state index contributed by atoms with van der Waals surface area (Å²) >= 11 is 7.39. The van der Waals surface area contributed by atoms with Gasteiger partial charge >= 0.3 is 0 Å². The van der Waals surface area contributed by atoms with Crippen LogP contribution in [0.25, 0.3) is 0 Å². The molecule has 8 atom stereocenters. The van der Waals surface area contributed by atoms with Crippen molar-refractivity contribution in [2.75, 3.05) is 13.7 Å². The number of carbonyl (C=O) groups excluding carboxylic acids is 2. The molecule has 4 aliphatic rings. The molecule has 0 aliphatic heterocycles. The fourth-order valence-corrected chi connectivity index (χ4v) is 8.02. The molecule has 0 aromatic carbocycles. The van der Waals surface area contributed by atoms with Gasteiger partial charge in [0, 0.05) is 18.4 Å². The van der Waals surface area contributed by atoms with Gasteiger partial charge in [0.25, 0.3) is 0 Å². The van der Waals surface area contributed by atoms with Gasteiger partial charge in [-0.15, -0.1) is 11.6 Å². The van der Waals surface area contributed by atoms with Crippen LogP contribution in [0, 0.1) is 34.5 Å². The standard InChI is InChI=1S/C23H31ClO4/c1-13-9-17-16-6-5-14-10-15(25)7-8-22(14,3)23(16,24)19(27)11-21(17,2)20(13)18(26)12-28-4/h7-8,10,13,16-17,19-20,27H,5-6,9,11-12H2,1-4H3/t13?,16?,17-,19?,20?,21?,22?,23-/m0/s1. The number of allylic oxidation sites excluding steroid dienone is 4. The van der Waals surface area contributed by atoms with E-state index < -0.39 is 16.4 Å². The molecule has 3 fully saturated rings. The van der Waals surface area contributed by atoms with Crippen molar-refractivity contribution in [1.29, 1.82) is 0 Å². The molecule has 154 valence electrons. The first-order chi connectivity index (χ1) is 13.1. The van der Waals surface area contributed by atoms with Gasteiger partial charge in [0.15, 0.2) is 11.6 Å². The van der Waals surface area contributed by atoms with Gasteiger partial charge in [0.2, 0.25) is 0 Å². The Labute approximate surface area is 172 Å². The molecule has 0 aromatic rings. The highest BCUT2D eigenvalue weighted by Gasteiger charge is 2.70. The molecule has 3 saturated carbocycles. The van der Waals surface area contributed by atoms with E-state index in [0.29, 0.717) is 6.42 Å². The van der Waals surface area contributed by atoms with E-state index in [2.05, 4.69) is 20.8 Å². The number of hydrogen-bond acceptors (Lipinski definition) is 4. The number of ether oxygens (including phenoxy) is 1. The highest BCUT2D eigenvalue weighted by atomic mass is 35.5. The zero-order valence-electron chi connectivity index (χ0n) is 17.2. The van der Waals surface area contributed by atoms with Crippen molar-refractivity contribution in [2.24, 2.45) is 34.5 Å². The van der Waals surface area contributed by atoms with Gasteiger partial charge < -0.3 is 9.84 Å². The molecule has 4 nitrogen and oxygen atoms in total. The zero-order valence-corrected chi connectivity index (χ0v) is 18.0. The van der Waals surface area contributed by atoms with Gasteiger partial charge in [-0.25, -0.2) is 0 Å². The van der Waals surface area contributed by atoms with Crippen molar-refractivity contribution in [3.63, 3.8) is 0 Å². The molecule has 4 rings (SSSR count). The molecule has 0 radical (unpaired) electrons. The van der Waals surface area contributed by atoms with Crippen molar-refractivity contribution in [3.05, 3.63) is 23.8 Å². The van der Waals surface area contributed by atoms with E-state index >= 15 is 0 Å². The van der Waals surface area contributed by atoms with Gasteiger partial charge in [0.05, 0.1) is 11.0 Å². The minimum absolute atomic E-state index is 0.000967. The summed E-state index contributed by atoms with van der Waals surface area (Å²) in [5.74, 6) is 0.657. The van der Waals surface area contributed by atoms with Gasteiger partial charge in [-0.3, -0.25) is 9.59 Å². The lowest BCUT2D eigenvalue weighted by Gasteiger charge is -2.63. The molecule has 28 heavy (non-hydrogen) atoms. The van der Waals surface area contributed by atoms with Crippen LogP contribution in [0.2, 0.25) is 0 Å². The maximum Gasteiger partial charge on any atom is 0.178 e. The van der Waals surface area contributed by atoms with E-state index in [1.165, 1.54) is 0 Å². The Hall–Kier alpha value is -0.970. The predicted molar refractivity (Wildman–Crippen MR) is 108 cm³/mol. The Morgan fingerprint density at radius 1 is 1.36 bits per heavy atom. The molecule has 6 unspecified atom stereocenters. The first kappa shape index (κ1) is 20.3. The van der Waals surface area contributed by atoms with Crippen LogP contribution < -0.4 is 0 Å². The molecule has 5 heteroatoms. The number of fused-ring (bicyclic) bond motifs is 5. The minimum atomic E-state index is -0.850. The molecule has 1 N–H and O–H groups in total. The summed E-state index contributed by atoms with van der Waals surface area (Å²) < 4.78 is 5.15. The maximum absolute atomic E-state index is 12.9. The topological polar surface area (TPSA) is 63.6 Å². The van der Waals surface area contributed by atoms with Gasteiger partial charge in [0.1, 0.15) is 6.61 Å². The summed E-state index contributed by atoms with van der Waals surface area (Å²) in [5, 5.41) is 11.4. The molecule has 0 aromatic heterocycles. The Kier molecular flexibility index (Phi) is 4.73. The fraction of sp³-hybridized carbons (Fsp3) is 0.739. The quantitative estimate of drug-likeness (QED) is 0.726. The van der Waals surface area contributed by atoms with Crippen molar-refractivity contribution < 1.29 is 19.4 Å². The van der Waals surface area contributed by atoms with Crippen LogP contribution in [-0.4, -0.2) is 41.4 Å². The average molecular weight is 407 g/mol. The van der Waals surface area contributed by atoms with Gasteiger partial charge in [-0.05, 0) is 61.0 Å². The van der Waals surface area contributed by atoms with Gasteiger partial charge in [-0.2, -0.15) is 0 Å². The third-order valence-corrected chi connectivity index (χ3v) is 9.54. The highest BCUT2D eigenvalue weighted by molar-refractivity contribution is 6.26. The van der Waals surface area contributed by atoms with Crippen LogP contribution in [0.4, 0.5) is 0 Å². The molecular formula is C23H31ClO4. The number of methoxy groups -OCH3 is 1. The Morgan fingerprint density at radius 2 is 2.07 bits per heavy atom. The van der Waals surface area contributed by atoms with E-state index in [9.17, 15) is 14.7 Å². The maximum atomic E-state index is 12.9. The summed E-state index contributed by atoms with van der Waals surface area (Å²) in [7, 11) is 1.56. The normalized spacial score (nSPS) is 49.9. The van der Waals surface area contributed by atoms with E-state index in [1.54, 1.807) is 19.3 Å². The summed E-state index contributed by atoms with van der Waals surface area (Å²) in [6.45, 7) is 6.52. The number of rotatable bonds is 3. The lowest BCUT2D eigenvalue weighted by atomic mass is 9.46. The summed E-state index contributed by atoms with van der Waals surface area (Å²) in [6, 6.07) is 0. The molecular weight excluding hydrogens is 376 g/mol. The smallest absolute Gasteiger partial charge is 0.178 e. The van der Waals surface area contributed by atoms with Crippen molar-refractivity contribution >= 4 is 23.2 Å². The van der Waals surface area contributed by atoms with E-state index in [-0.39, 0.29) is 47.3 Å². The van der Waals surface area contributed by atoms with Crippen LogP contribution >= 0.6 is 11.6 Å². The van der Waals surface area contributed by atoms with Crippen LogP contribution in [0.3, 0.4) is 0 Å². The lowest BCUT2D eigenvalue weighted by molar-refractivity contribution is -0.139. The van der Waals surface area contributed by atoms with E-state index in [0.717, 1.165) is 24.8 Å².